The van der Waals surface area contributed by atoms with Gasteiger partial charge in [-0.15, -0.1) is 0 Å². The average Bonchev–Trinajstić information content (AvgIpc) is 3.87. The summed E-state index contributed by atoms with van der Waals surface area (Å²) in [7, 11) is 0. The number of nitrogens with zero attached hydrogens (tertiary/aromatic N) is 1. The molecule has 0 N–H and O–H groups in total. The molecule has 10 aromatic carbocycles. The van der Waals surface area contributed by atoms with E-state index in [9.17, 15) is 0 Å². The topological polar surface area (TPSA) is 16.4 Å². The number of fused-ring (bicyclic) bond motifs is 7. The Bertz CT molecular complexity index is 3400. The fourth-order valence-electron chi connectivity index (χ4n) is 10.1. The third-order valence-electron chi connectivity index (χ3n) is 12.8. The van der Waals surface area contributed by atoms with E-state index in [4.69, 9.17) is 4.42 Å². The number of anilines is 3. The van der Waals surface area contributed by atoms with E-state index in [2.05, 4.69) is 235 Å². The molecule has 2 nitrogen and oxygen atoms in total. The second-order valence-electron chi connectivity index (χ2n) is 16.0. The molecule has 0 saturated carbocycles. The third-order valence-corrected chi connectivity index (χ3v) is 12.8. The zero-order chi connectivity index (χ0) is 40.3. The molecule has 0 fully saturated rings. The van der Waals surface area contributed by atoms with Gasteiger partial charge in [0.2, 0.25) is 0 Å². The Morgan fingerprint density at radius 1 is 0.344 bits per heavy atom. The fraction of sp³-hybridized carbons (Fsp3) is 0.0169. The Morgan fingerprint density at radius 3 is 1.74 bits per heavy atom. The molecule has 0 spiro atoms. The summed E-state index contributed by atoms with van der Waals surface area (Å²) >= 11 is 0. The van der Waals surface area contributed by atoms with Crippen molar-refractivity contribution in [3.8, 4) is 33.4 Å². The van der Waals surface area contributed by atoms with Gasteiger partial charge in [0.15, 0.2) is 0 Å². The van der Waals surface area contributed by atoms with Gasteiger partial charge in [0.05, 0.1) is 16.8 Å². The van der Waals surface area contributed by atoms with Crippen LogP contribution in [0, 0.1) is 0 Å². The maximum absolute atomic E-state index is 6.51. The van der Waals surface area contributed by atoms with Crippen LogP contribution in [0.2, 0.25) is 0 Å². The van der Waals surface area contributed by atoms with Crippen molar-refractivity contribution in [1.29, 1.82) is 0 Å². The highest BCUT2D eigenvalue weighted by atomic mass is 16.3. The van der Waals surface area contributed by atoms with Crippen LogP contribution in [0.3, 0.4) is 0 Å². The van der Waals surface area contributed by atoms with E-state index >= 15 is 0 Å². The lowest BCUT2D eigenvalue weighted by Gasteiger charge is -2.34. The van der Waals surface area contributed by atoms with E-state index in [-0.39, 0.29) is 0 Å². The number of rotatable bonds is 7. The van der Waals surface area contributed by atoms with Crippen molar-refractivity contribution >= 4 is 49.8 Å². The maximum atomic E-state index is 6.51. The summed E-state index contributed by atoms with van der Waals surface area (Å²) in [5.74, 6) is 0. The van der Waals surface area contributed by atoms with Crippen LogP contribution in [0.15, 0.2) is 241 Å². The monoisotopic (exact) mass is 777 g/mol. The van der Waals surface area contributed by atoms with Gasteiger partial charge in [-0.05, 0) is 80.2 Å². The van der Waals surface area contributed by atoms with Crippen molar-refractivity contribution in [3.05, 3.63) is 259 Å². The van der Waals surface area contributed by atoms with E-state index in [1.807, 2.05) is 6.07 Å². The standard InChI is InChI=1S/C59H39NO/c1-3-16-40(17-4-1)41-34-38-46(39-35-41)60(54-29-13-19-42-18-7-8-22-47(42)54)55-30-15-28-53-57(55)51-24-9-11-27-52(51)59(53,44-20-5-2-6-21-44)45-36-32-43(33-37-45)48-25-14-26-50-49-23-10-12-31-56(49)61-58(48)50/h1-39H. The van der Waals surface area contributed by atoms with E-state index in [1.165, 1.54) is 55.3 Å². The Labute approximate surface area is 355 Å². The van der Waals surface area contributed by atoms with Crippen molar-refractivity contribution in [2.45, 2.75) is 5.41 Å². The van der Waals surface area contributed by atoms with E-state index in [0.717, 1.165) is 50.1 Å². The molecule has 0 bridgehead atoms. The summed E-state index contributed by atoms with van der Waals surface area (Å²) in [6.45, 7) is 0. The van der Waals surface area contributed by atoms with Crippen molar-refractivity contribution in [3.63, 3.8) is 0 Å². The Kier molecular flexibility index (Phi) is 8.11. The quantitative estimate of drug-likeness (QED) is 0.160. The molecule has 1 unspecified atom stereocenters. The minimum Gasteiger partial charge on any atom is -0.455 e. The minimum absolute atomic E-state index is 0.589. The van der Waals surface area contributed by atoms with Crippen LogP contribution in [0.5, 0.6) is 0 Å². The molecule has 0 aliphatic heterocycles. The molecule has 11 aromatic rings. The molecule has 61 heavy (non-hydrogen) atoms. The first-order valence-corrected chi connectivity index (χ1v) is 21.0. The van der Waals surface area contributed by atoms with Gasteiger partial charge in [-0.1, -0.05) is 206 Å². The molecule has 0 amide bonds. The first-order valence-electron chi connectivity index (χ1n) is 21.0. The molecule has 1 aliphatic rings. The number of furan rings is 1. The molecule has 1 aliphatic carbocycles. The summed E-state index contributed by atoms with van der Waals surface area (Å²) in [4.78, 5) is 2.48. The zero-order valence-corrected chi connectivity index (χ0v) is 33.4. The lowest BCUT2D eigenvalue weighted by atomic mass is 9.67. The van der Waals surface area contributed by atoms with Gasteiger partial charge in [-0.2, -0.15) is 0 Å². The molecule has 0 saturated heterocycles. The predicted octanol–water partition coefficient (Wildman–Crippen LogP) is 15.9. The highest BCUT2D eigenvalue weighted by Gasteiger charge is 2.47. The third kappa shape index (κ3) is 5.43. The van der Waals surface area contributed by atoms with Gasteiger partial charge in [-0.25, -0.2) is 0 Å². The zero-order valence-electron chi connectivity index (χ0n) is 33.4. The molecule has 2 heteroatoms. The molecule has 1 aromatic heterocycles. The van der Waals surface area contributed by atoms with Crippen LogP contribution in [-0.4, -0.2) is 0 Å². The first kappa shape index (κ1) is 35.0. The van der Waals surface area contributed by atoms with Gasteiger partial charge < -0.3 is 9.32 Å². The second-order valence-corrected chi connectivity index (χ2v) is 16.0. The van der Waals surface area contributed by atoms with Crippen molar-refractivity contribution in [2.24, 2.45) is 0 Å². The first-order chi connectivity index (χ1) is 30.3. The van der Waals surface area contributed by atoms with E-state index in [0.29, 0.717) is 0 Å². The largest absolute Gasteiger partial charge is 0.455 e. The van der Waals surface area contributed by atoms with Gasteiger partial charge in [0, 0.05) is 33.0 Å². The Morgan fingerprint density at radius 2 is 0.902 bits per heavy atom. The minimum atomic E-state index is -0.589. The number of hydrogen-bond donors (Lipinski definition) is 0. The lowest BCUT2D eigenvalue weighted by Crippen LogP contribution is -2.28. The van der Waals surface area contributed by atoms with Crippen LogP contribution in [-0.2, 0) is 5.41 Å². The average molecular weight is 778 g/mol. The second kappa shape index (κ2) is 14.1. The van der Waals surface area contributed by atoms with Gasteiger partial charge in [-0.3, -0.25) is 0 Å². The smallest absolute Gasteiger partial charge is 0.143 e. The molecule has 1 heterocycles. The summed E-state index contributed by atoms with van der Waals surface area (Å²) < 4.78 is 6.51. The van der Waals surface area contributed by atoms with Gasteiger partial charge in [0.1, 0.15) is 11.2 Å². The normalized spacial score (nSPS) is 14.3. The highest BCUT2D eigenvalue weighted by Crippen LogP contribution is 2.60. The predicted molar refractivity (Wildman–Crippen MR) is 254 cm³/mol. The van der Waals surface area contributed by atoms with Crippen LogP contribution >= 0.6 is 0 Å². The number of benzene rings is 10. The molecule has 1 atom stereocenters. The lowest BCUT2D eigenvalue weighted by molar-refractivity contribution is 0.670. The summed E-state index contributed by atoms with van der Waals surface area (Å²) in [6.07, 6.45) is 0. The van der Waals surface area contributed by atoms with Crippen LogP contribution in [0.1, 0.15) is 22.3 Å². The summed E-state index contributed by atoms with van der Waals surface area (Å²) in [6, 6.07) is 86.1. The number of para-hydroxylation sites is 2. The van der Waals surface area contributed by atoms with E-state index in [1.54, 1.807) is 0 Å². The van der Waals surface area contributed by atoms with Gasteiger partial charge >= 0.3 is 0 Å². The molecule has 286 valence electrons. The Hall–Kier alpha value is -7.94. The van der Waals surface area contributed by atoms with Crippen LogP contribution in [0.25, 0.3) is 66.1 Å². The van der Waals surface area contributed by atoms with Crippen molar-refractivity contribution in [2.75, 3.05) is 4.90 Å². The SMILES string of the molecule is c1ccc(-c2ccc(N(c3cccc4c3-c3ccccc3C4(c3ccccc3)c3ccc(-c4cccc5c4oc4ccccc45)cc3)c3cccc4ccccc34)cc2)cc1. The van der Waals surface area contributed by atoms with Gasteiger partial charge in [0.25, 0.3) is 0 Å². The molecular formula is C59H39NO. The Balaban J connectivity index is 1.09. The summed E-state index contributed by atoms with van der Waals surface area (Å²) in [5.41, 5.74) is 16.7. The van der Waals surface area contributed by atoms with Crippen molar-refractivity contribution in [1.82, 2.24) is 0 Å². The molecule has 0 radical (unpaired) electrons. The van der Waals surface area contributed by atoms with E-state index < -0.39 is 5.41 Å². The van der Waals surface area contributed by atoms with Crippen LogP contribution in [0.4, 0.5) is 17.1 Å². The maximum Gasteiger partial charge on any atom is 0.143 e. The fourth-order valence-corrected chi connectivity index (χ4v) is 10.1. The molecular weight excluding hydrogens is 739 g/mol. The molecule has 12 rings (SSSR count). The summed E-state index contributed by atoms with van der Waals surface area (Å²) in [5, 5.41) is 4.68. The van der Waals surface area contributed by atoms with Crippen molar-refractivity contribution < 1.29 is 4.42 Å². The highest BCUT2D eigenvalue weighted by molar-refractivity contribution is 6.09. The number of hydrogen-bond acceptors (Lipinski definition) is 2. The van der Waals surface area contributed by atoms with Crippen LogP contribution < -0.4 is 4.90 Å².